The first-order valence-corrected chi connectivity index (χ1v) is 8.69. The Morgan fingerprint density at radius 1 is 1.38 bits per heavy atom. The fourth-order valence-electron chi connectivity index (χ4n) is 2.66. The maximum absolute atomic E-state index is 5.99. The highest BCUT2D eigenvalue weighted by molar-refractivity contribution is 5.21. The molecule has 1 aromatic rings. The average molecular weight is 292 g/mol. The number of hydrogen-bond acceptors (Lipinski definition) is 3. The smallest absolute Gasteiger partial charge is 0.118 e. The summed E-state index contributed by atoms with van der Waals surface area (Å²) in [7, 11) is 0. The van der Waals surface area contributed by atoms with E-state index in [9.17, 15) is 0 Å². The SMILES string of the molecule is CCCCN(Cc1cc(CNC2CC2)c(C)o1)C(C)CC. The van der Waals surface area contributed by atoms with E-state index in [0.29, 0.717) is 6.04 Å². The van der Waals surface area contributed by atoms with Crippen LogP contribution >= 0.6 is 0 Å². The minimum Gasteiger partial charge on any atom is -0.465 e. The van der Waals surface area contributed by atoms with Crippen LogP contribution in [0.3, 0.4) is 0 Å². The normalized spacial score (nSPS) is 16.6. The molecule has 1 fully saturated rings. The van der Waals surface area contributed by atoms with E-state index >= 15 is 0 Å². The number of unbranched alkanes of at least 4 members (excludes halogenated alkanes) is 1. The van der Waals surface area contributed by atoms with E-state index in [0.717, 1.165) is 30.7 Å². The van der Waals surface area contributed by atoms with Gasteiger partial charge in [-0.3, -0.25) is 4.90 Å². The van der Waals surface area contributed by atoms with Crippen LogP contribution in [-0.4, -0.2) is 23.5 Å². The Kier molecular flexibility index (Phi) is 6.31. The van der Waals surface area contributed by atoms with Gasteiger partial charge in [-0.2, -0.15) is 0 Å². The highest BCUT2D eigenvalue weighted by Gasteiger charge is 2.21. The highest BCUT2D eigenvalue weighted by atomic mass is 16.3. The quantitative estimate of drug-likeness (QED) is 0.699. The summed E-state index contributed by atoms with van der Waals surface area (Å²) in [6.45, 7) is 12.0. The summed E-state index contributed by atoms with van der Waals surface area (Å²) in [5, 5.41) is 3.57. The van der Waals surface area contributed by atoms with Crippen molar-refractivity contribution in [2.45, 2.75) is 85.0 Å². The average Bonchev–Trinajstić information content (AvgIpc) is 3.24. The molecule has 1 aliphatic rings. The van der Waals surface area contributed by atoms with E-state index in [1.807, 2.05) is 0 Å². The Morgan fingerprint density at radius 2 is 2.14 bits per heavy atom. The van der Waals surface area contributed by atoms with Crippen LogP contribution in [0.25, 0.3) is 0 Å². The van der Waals surface area contributed by atoms with Crippen LogP contribution in [-0.2, 0) is 13.1 Å². The molecule has 1 N–H and O–H groups in total. The third-order valence-electron chi connectivity index (χ3n) is 4.60. The lowest BCUT2D eigenvalue weighted by molar-refractivity contribution is 0.177. The van der Waals surface area contributed by atoms with Gasteiger partial charge >= 0.3 is 0 Å². The van der Waals surface area contributed by atoms with Gasteiger partial charge in [0.15, 0.2) is 0 Å². The molecule has 1 aliphatic carbocycles. The van der Waals surface area contributed by atoms with Crippen molar-refractivity contribution in [3.8, 4) is 0 Å². The molecule has 0 saturated heterocycles. The molecule has 0 spiro atoms. The number of hydrogen-bond donors (Lipinski definition) is 1. The fraction of sp³-hybridized carbons (Fsp3) is 0.778. The summed E-state index contributed by atoms with van der Waals surface area (Å²) in [5.41, 5.74) is 1.33. The molecule has 0 bridgehead atoms. The molecule has 1 saturated carbocycles. The zero-order valence-electron chi connectivity index (χ0n) is 14.2. The predicted molar refractivity (Wildman–Crippen MR) is 88.4 cm³/mol. The lowest BCUT2D eigenvalue weighted by Crippen LogP contribution is -2.32. The van der Waals surface area contributed by atoms with Gasteiger partial charge in [0, 0.05) is 24.2 Å². The summed E-state index contributed by atoms with van der Waals surface area (Å²) in [5.74, 6) is 2.20. The third kappa shape index (κ3) is 5.15. The van der Waals surface area contributed by atoms with Crippen LogP contribution in [0, 0.1) is 6.92 Å². The molecular formula is C18H32N2O. The molecule has 2 rings (SSSR count). The fourth-order valence-corrected chi connectivity index (χ4v) is 2.66. The largest absolute Gasteiger partial charge is 0.465 e. The van der Waals surface area contributed by atoms with Gasteiger partial charge in [0.1, 0.15) is 11.5 Å². The van der Waals surface area contributed by atoms with Crippen molar-refractivity contribution in [3.63, 3.8) is 0 Å². The maximum atomic E-state index is 5.99. The molecule has 21 heavy (non-hydrogen) atoms. The van der Waals surface area contributed by atoms with Gasteiger partial charge in [-0.1, -0.05) is 20.3 Å². The summed E-state index contributed by atoms with van der Waals surface area (Å²) >= 11 is 0. The molecule has 1 aromatic heterocycles. The minimum atomic E-state index is 0.620. The van der Waals surface area contributed by atoms with Crippen molar-refractivity contribution in [1.82, 2.24) is 10.2 Å². The first-order chi connectivity index (χ1) is 10.1. The Bertz CT molecular complexity index is 423. The number of rotatable bonds is 10. The molecular weight excluding hydrogens is 260 g/mol. The van der Waals surface area contributed by atoms with E-state index in [1.54, 1.807) is 0 Å². The van der Waals surface area contributed by atoms with E-state index in [1.165, 1.54) is 44.2 Å². The summed E-state index contributed by atoms with van der Waals surface area (Å²) < 4.78 is 5.99. The first-order valence-electron chi connectivity index (χ1n) is 8.69. The van der Waals surface area contributed by atoms with Gasteiger partial charge in [0.2, 0.25) is 0 Å². The van der Waals surface area contributed by atoms with Crippen LogP contribution in [0.5, 0.6) is 0 Å². The van der Waals surface area contributed by atoms with Crippen LogP contribution in [0.2, 0.25) is 0 Å². The van der Waals surface area contributed by atoms with Gasteiger partial charge in [0.25, 0.3) is 0 Å². The molecule has 3 nitrogen and oxygen atoms in total. The van der Waals surface area contributed by atoms with Gasteiger partial charge in [-0.25, -0.2) is 0 Å². The van der Waals surface area contributed by atoms with Crippen molar-refractivity contribution in [3.05, 3.63) is 23.2 Å². The van der Waals surface area contributed by atoms with Crippen LogP contribution in [0.1, 0.15) is 70.0 Å². The second-order valence-electron chi connectivity index (χ2n) is 6.53. The van der Waals surface area contributed by atoms with E-state index in [-0.39, 0.29) is 0 Å². The Morgan fingerprint density at radius 3 is 2.76 bits per heavy atom. The van der Waals surface area contributed by atoms with Crippen molar-refractivity contribution < 1.29 is 4.42 Å². The molecule has 120 valence electrons. The zero-order chi connectivity index (χ0) is 15.2. The molecule has 0 amide bonds. The second kappa shape index (κ2) is 8.00. The molecule has 1 heterocycles. The number of nitrogens with one attached hydrogen (secondary N) is 1. The molecule has 0 radical (unpaired) electrons. The minimum absolute atomic E-state index is 0.620. The monoisotopic (exact) mass is 292 g/mol. The number of nitrogens with zero attached hydrogens (tertiary/aromatic N) is 1. The lowest BCUT2D eigenvalue weighted by Gasteiger charge is -2.27. The Hall–Kier alpha value is -0.800. The van der Waals surface area contributed by atoms with E-state index in [4.69, 9.17) is 4.42 Å². The van der Waals surface area contributed by atoms with Gasteiger partial charge in [-0.15, -0.1) is 0 Å². The van der Waals surface area contributed by atoms with Crippen LogP contribution in [0.15, 0.2) is 10.5 Å². The van der Waals surface area contributed by atoms with E-state index in [2.05, 4.69) is 44.0 Å². The van der Waals surface area contributed by atoms with Crippen molar-refractivity contribution in [2.75, 3.05) is 6.54 Å². The zero-order valence-corrected chi connectivity index (χ0v) is 14.2. The van der Waals surface area contributed by atoms with Crippen LogP contribution in [0.4, 0.5) is 0 Å². The van der Waals surface area contributed by atoms with Crippen molar-refractivity contribution >= 4 is 0 Å². The van der Waals surface area contributed by atoms with Gasteiger partial charge in [0.05, 0.1) is 6.54 Å². The predicted octanol–water partition coefficient (Wildman–Crippen LogP) is 4.24. The topological polar surface area (TPSA) is 28.4 Å². The van der Waals surface area contributed by atoms with Gasteiger partial charge < -0.3 is 9.73 Å². The molecule has 1 atom stereocenters. The van der Waals surface area contributed by atoms with E-state index < -0.39 is 0 Å². The lowest BCUT2D eigenvalue weighted by atomic mass is 10.2. The van der Waals surface area contributed by atoms with Crippen molar-refractivity contribution in [2.24, 2.45) is 0 Å². The first kappa shape index (κ1) is 16.6. The Balaban J connectivity index is 1.93. The molecule has 1 unspecified atom stereocenters. The number of aryl methyl sites for hydroxylation is 1. The standard InChI is InChI=1S/C18H32N2O/c1-5-7-10-20(14(3)6-2)13-18-11-16(15(4)21-18)12-19-17-8-9-17/h11,14,17,19H,5-10,12-13H2,1-4H3. The second-order valence-corrected chi connectivity index (χ2v) is 6.53. The molecule has 0 aliphatic heterocycles. The molecule has 0 aromatic carbocycles. The molecule has 3 heteroatoms. The maximum Gasteiger partial charge on any atom is 0.118 e. The summed E-state index contributed by atoms with van der Waals surface area (Å²) in [4.78, 5) is 2.56. The summed E-state index contributed by atoms with van der Waals surface area (Å²) in [6.07, 6.45) is 6.38. The highest BCUT2D eigenvalue weighted by Crippen LogP contribution is 2.22. The van der Waals surface area contributed by atoms with Gasteiger partial charge in [-0.05, 0) is 52.1 Å². The third-order valence-corrected chi connectivity index (χ3v) is 4.60. The summed E-state index contributed by atoms with van der Waals surface area (Å²) in [6, 6.07) is 3.63. The van der Waals surface area contributed by atoms with Crippen LogP contribution < -0.4 is 5.32 Å². The Labute approximate surface area is 130 Å². The number of furan rings is 1. The van der Waals surface area contributed by atoms with Crippen molar-refractivity contribution in [1.29, 1.82) is 0 Å².